The zero-order chi connectivity index (χ0) is 77.6. The highest BCUT2D eigenvalue weighted by atomic mass is 16.4. The van der Waals surface area contributed by atoms with Crippen LogP contribution in [-0.2, 0) is 0 Å². The summed E-state index contributed by atoms with van der Waals surface area (Å²) in [5.74, 6) is 2.33. The van der Waals surface area contributed by atoms with Crippen molar-refractivity contribution in [1.82, 2.24) is 53.4 Å². The maximum atomic E-state index is 13.9. The predicted molar refractivity (Wildman–Crippen MR) is 470 cm³/mol. The average Bonchev–Trinajstić information content (AvgIpc) is 1.47. The number of benzene rings is 16. The molecule has 0 fully saturated rings. The van der Waals surface area contributed by atoms with E-state index >= 15 is 0 Å². The molecule has 0 aliphatic carbocycles. The van der Waals surface area contributed by atoms with Crippen LogP contribution in [0.25, 0.3) is 228 Å². The van der Waals surface area contributed by atoms with Gasteiger partial charge < -0.3 is 36.1 Å². The normalized spacial score (nSPS) is 11.9. The van der Waals surface area contributed by atoms with Gasteiger partial charge in [0, 0.05) is 87.2 Å². The number of nitriles is 1. The van der Waals surface area contributed by atoms with Crippen molar-refractivity contribution in [3.63, 3.8) is 0 Å². The molecule has 0 unspecified atom stereocenters. The van der Waals surface area contributed by atoms with E-state index in [4.69, 9.17) is 28.5 Å². The van der Waals surface area contributed by atoms with Crippen molar-refractivity contribution in [1.29, 1.82) is 5.26 Å². The summed E-state index contributed by atoms with van der Waals surface area (Å²) >= 11 is 0. The Balaban J connectivity index is 0.925. The zero-order valence-electron chi connectivity index (χ0n) is 62.7. The van der Waals surface area contributed by atoms with E-state index in [1.165, 1.54) is 0 Å². The average molecular weight is 1510 g/mol. The molecule has 0 atom stereocenters. The van der Waals surface area contributed by atoms with Crippen molar-refractivity contribution in [2.24, 2.45) is 0 Å². The molecule has 0 spiro atoms. The summed E-state index contributed by atoms with van der Waals surface area (Å²) in [6.45, 7) is 0. The number of nitrogens with zero attached hydrogens (tertiary/aromatic N) is 12. The van der Waals surface area contributed by atoms with Crippen molar-refractivity contribution in [2.75, 3.05) is 0 Å². The monoisotopic (exact) mass is 1510 g/mol. The molecule has 118 heavy (non-hydrogen) atoms. The smallest absolute Gasteiger partial charge is 0.248 e. The van der Waals surface area contributed by atoms with Crippen LogP contribution in [0.4, 0.5) is 0 Å². The number of hydrogen-bond donors (Lipinski definition) is 0. The lowest BCUT2D eigenvalue weighted by molar-refractivity contribution is 0.584. The van der Waals surface area contributed by atoms with Crippen LogP contribution >= 0.6 is 0 Å². The maximum Gasteiger partial charge on any atom is 0.248 e. The number of hydrogen-bond acceptors (Lipinski definition) is 10. The third-order valence-electron chi connectivity index (χ3n) is 23.3. The molecule has 16 aromatic carbocycles. The van der Waals surface area contributed by atoms with Crippen LogP contribution in [0.15, 0.2) is 377 Å². The van der Waals surface area contributed by atoms with Crippen LogP contribution in [0.2, 0.25) is 0 Å². The van der Waals surface area contributed by atoms with Crippen molar-refractivity contribution in [3.05, 3.63) is 370 Å². The Hall–Kier alpha value is -16.6. The molecule has 15 nitrogen and oxygen atoms in total. The molecule has 0 bridgehead atoms. The number of fused-ring (bicyclic) bond motifs is 15. The first-order valence-electron chi connectivity index (χ1n) is 39.1. The Morgan fingerprint density at radius 1 is 0.178 bits per heavy atom. The molecular formula is C103H60N12O3. The standard InChI is InChI=1S/C103H60N12O3/c104-61-82-93(111-83-41-21-16-38-74(83)79-58-69(48-53-88(79)111)101-108-105-98(116-101)64-30-10-3-11-31-64)95(113-85-43-23-18-36-72(85)77-56-67(46-51-90(77)113)62-26-6-1-7-27-62)97(115-87-45-25-20-40-76(87)81-60-71(50-55-92(81)115)103-110-107-100(118-103)66-34-14-5-15-35-66)96(114-86-44-24-19-37-73(86)78-57-68(47-52-91(78)114)63-28-8-2-9-29-63)94(82)112-84-42-22-17-39-75(84)80-59-70(49-54-89(80)112)102-109-106-99(117-102)65-32-12-4-13-33-65/h1-60H. The Morgan fingerprint density at radius 3 is 0.636 bits per heavy atom. The van der Waals surface area contributed by atoms with E-state index in [2.05, 4.69) is 317 Å². The first kappa shape index (κ1) is 66.1. The summed E-state index contributed by atoms with van der Waals surface area (Å²) in [5, 5.41) is 51.5. The van der Waals surface area contributed by atoms with Crippen LogP contribution < -0.4 is 0 Å². The van der Waals surface area contributed by atoms with E-state index in [1.54, 1.807) is 0 Å². The van der Waals surface area contributed by atoms with Crippen molar-refractivity contribution < 1.29 is 13.3 Å². The fraction of sp³-hybridized carbons (Fsp3) is 0. The van der Waals surface area contributed by atoms with E-state index in [-0.39, 0.29) is 0 Å². The second kappa shape index (κ2) is 26.3. The number of rotatable bonds is 13. The van der Waals surface area contributed by atoms with Gasteiger partial charge in [-0.25, -0.2) is 0 Å². The lowest BCUT2D eigenvalue weighted by Crippen LogP contribution is -2.18. The molecule has 0 saturated carbocycles. The fourth-order valence-corrected chi connectivity index (χ4v) is 18.1. The third-order valence-corrected chi connectivity index (χ3v) is 23.3. The SMILES string of the molecule is N#Cc1c(-n2c3ccccc3c3cc(-c4nnc(-c5ccccc5)o4)ccc32)c(-n2c3ccccc3c3cc(-c4ccccc4)ccc32)c(-n2c3ccccc3c3cc(-c4nnc(-c5ccccc5)o4)ccc32)c(-n2c3ccccc3c3cc(-c4ccccc4)ccc32)c1-n1c2ccccc2c2cc(-c3nnc(-c4ccccc4)o3)ccc21. The lowest BCUT2D eigenvalue weighted by atomic mass is 10.0. The van der Waals surface area contributed by atoms with E-state index < -0.39 is 0 Å². The minimum atomic E-state index is 0.364. The van der Waals surface area contributed by atoms with Crippen molar-refractivity contribution in [2.45, 2.75) is 0 Å². The Bertz CT molecular complexity index is 7890. The minimum Gasteiger partial charge on any atom is -0.416 e. The Labute approximate surface area is 671 Å². The lowest BCUT2D eigenvalue weighted by Gasteiger charge is -2.30. The fourth-order valence-electron chi connectivity index (χ4n) is 18.1. The molecule has 0 aliphatic heterocycles. The predicted octanol–water partition coefficient (Wildman–Crippen LogP) is 25.5. The highest BCUT2D eigenvalue weighted by Crippen LogP contribution is 2.53. The Kier molecular flexibility index (Phi) is 14.7. The summed E-state index contributed by atoms with van der Waals surface area (Å²) in [4.78, 5) is 0. The summed E-state index contributed by atoms with van der Waals surface area (Å²) in [5.41, 5.74) is 21.3. The first-order valence-corrected chi connectivity index (χ1v) is 39.1. The number of para-hydroxylation sites is 5. The van der Waals surface area contributed by atoms with Gasteiger partial charge in [-0.05, 0) is 168 Å². The molecule has 0 aliphatic rings. The first-order chi connectivity index (χ1) is 58.5. The van der Waals surface area contributed by atoms with Gasteiger partial charge in [0.15, 0.2) is 0 Å². The van der Waals surface area contributed by atoms with Gasteiger partial charge in [0.25, 0.3) is 0 Å². The van der Waals surface area contributed by atoms with Crippen LogP contribution in [0.3, 0.4) is 0 Å². The molecule has 8 heterocycles. The van der Waals surface area contributed by atoms with Crippen LogP contribution in [-0.4, -0.2) is 53.4 Å². The molecule has 15 heteroatoms. The molecule has 0 amide bonds. The molecule has 24 aromatic rings. The van der Waals surface area contributed by atoms with E-state index in [0.29, 0.717) is 63.7 Å². The van der Waals surface area contributed by atoms with E-state index in [0.717, 1.165) is 170 Å². The maximum absolute atomic E-state index is 13.9. The van der Waals surface area contributed by atoms with Gasteiger partial charge in [-0.15, -0.1) is 30.6 Å². The minimum absolute atomic E-state index is 0.364. The highest BCUT2D eigenvalue weighted by Gasteiger charge is 2.37. The van der Waals surface area contributed by atoms with Gasteiger partial charge >= 0.3 is 0 Å². The van der Waals surface area contributed by atoms with Gasteiger partial charge in [0.2, 0.25) is 35.3 Å². The topological polar surface area (TPSA) is 165 Å². The molecule has 8 aromatic heterocycles. The van der Waals surface area contributed by atoms with Gasteiger partial charge in [0.05, 0.1) is 83.6 Å². The molecule has 0 N–H and O–H groups in total. The van der Waals surface area contributed by atoms with Crippen LogP contribution in [0, 0.1) is 11.3 Å². The third kappa shape index (κ3) is 10.1. The second-order valence-corrected chi connectivity index (χ2v) is 29.7. The highest BCUT2D eigenvalue weighted by molar-refractivity contribution is 6.19. The van der Waals surface area contributed by atoms with Gasteiger partial charge in [0.1, 0.15) is 11.6 Å². The molecule has 0 radical (unpaired) electrons. The molecular weight excluding hydrogens is 1450 g/mol. The zero-order valence-corrected chi connectivity index (χ0v) is 62.7. The van der Waals surface area contributed by atoms with Crippen molar-refractivity contribution >= 4 is 109 Å². The molecule has 24 rings (SSSR count). The Morgan fingerprint density at radius 2 is 0.373 bits per heavy atom. The number of aromatic nitrogens is 11. The largest absolute Gasteiger partial charge is 0.416 e. The van der Waals surface area contributed by atoms with Crippen LogP contribution in [0.1, 0.15) is 5.56 Å². The molecule has 550 valence electrons. The molecule has 0 saturated heterocycles. The summed E-state index contributed by atoms with van der Waals surface area (Å²) in [6, 6.07) is 130. The summed E-state index contributed by atoms with van der Waals surface area (Å²) in [6.07, 6.45) is 0. The quantitative estimate of drug-likeness (QED) is 0.108. The van der Waals surface area contributed by atoms with Crippen LogP contribution in [0.5, 0.6) is 0 Å². The van der Waals surface area contributed by atoms with Crippen molar-refractivity contribution in [3.8, 4) is 125 Å². The van der Waals surface area contributed by atoms with Gasteiger partial charge in [-0.1, -0.05) is 218 Å². The van der Waals surface area contributed by atoms with Gasteiger partial charge in [-0.3, -0.25) is 0 Å². The summed E-state index contributed by atoms with van der Waals surface area (Å²) < 4.78 is 32.0. The second-order valence-electron chi connectivity index (χ2n) is 29.7. The van der Waals surface area contributed by atoms with E-state index in [9.17, 15) is 5.26 Å². The summed E-state index contributed by atoms with van der Waals surface area (Å²) in [7, 11) is 0. The van der Waals surface area contributed by atoms with E-state index in [1.807, 2.05) is 91.0 Å². The van der Waals surface area contributed by atoms with Gasteiger partial charge in [-0.2, -0.15) is 5.26 Å².